The monoisotopic (exact) mass is 599 g/mol. The van der Waals surface area contributed by atoms with E-state index in [0.717, 1.165) is 23.8 Å². The van der Waals surface area contributed by atoms with E-state index in [1.807, 2.05) is 10.3 Å². The van der Waals surface area contributed by atoms with E-state index < -0.39 is 108 Å². The third kappa shape index (κ3) is 6.90. The molecule has 3 rings (SSSR count). The van der Waals surface area contributed by atoms with Crippen LogP contribution in [0.25, 0.3) is 0 Å². The van der Waals surface area contributed by atoms with Gasteiger partial charge in [-0.3, -0.25) is 28.8 Å². The van der Waals surface area contributed by atoms with Gasteiger partial charge < -0.3 is 45.4 Å². The number of aromatic nitrogens is 2. The summed E-state index contributed by atoms with van der Waals surface area (Å²) in [4.78, 5) is 55.2. The summed E-state index contributed by atoms with van der Waals surface area (Å²) >= 11 is 0. The van der Waals surface area contributed by atoms with Crippen LogP contribution in [-0.2, 0) is 34.1 Å². The molecule has 2 fully saturated rings. The Kier molecular flexibility index (Phi) is 9.79. The molecule has 21 heteroatoms. The zero-order chi connectivity index (χ0) is 30.0. The van der Waals surface area contributed by atoms with Gasteiger partial charge in [-0.2, -0.15) is 8.42 Å². The summed E-state index contributed by atoms with van der Waals surface area (Å²) in [7, 11) is -4.79. The number of carbonyl (C=O) groups excluding carboxylic acids is 2. The Hall–Kier alpha value is -2.83. The predicted octanol–water partition coefficient (Wildman–Crippen LogP) is -7.27. The normalized spacial score (nSPS) is 34.4. The van der Waals surface area contributed by atoms with E-state index in [4.69, 9.17) is 14.3 Å². The van der Waals surface area contributed by atoms with Gasteiger partial charge in [0.1, 0.15) is 42.7 Å². The zero-order valence-electron chi connectivity index (χ0n) is 20.6. The van der Waals surface area contributed by atoms with E-state index in [-0.39, 0.29) is 0 Å². The molecule has 0 aliphatic carbocycles. The second-order valence-electron chi connectivity index (χ2n) is 8.98. The lowest BCUT2D eigenvalue weighted by Gasteiger charge is -2.48. The Morgan fingerprint density at radius 2 is 1.80 bits per heavy atom. The average Bonchev–Trinajstić information content (AvgIpc) is 3.12. The lowest BCUT2D eigenvalue weighted by Crippen LogP contribution is -2.73. The van der Waals surface area contributed by atoms with Gasteiger partial charge in [0.15, 0.2) is 12.0 Å². The molecule has 2 amide bonds. The average molecular weight is 600 g/mol. The van der Waals surface area contributed by atoms with Crippen molar-refractivity contribution in [1.82, 2.24) is 24.5 Å². The first kappa shape index (κ1) is 31.7. The number of ether oxygens (including phenoxy) is 2. The molecule has 0 unspecified atom stereocenters. The van der Waals surface area contributed by atoms with Gasteiger partial charge in [-0.1, -0.05) is 4.89 Å². The van der Waals surface area contributed by atoms with E-state index >= 15 is 0 Å². The molecule has 40 heavy (non-hydrogen) atoms. The van der Waals surface area contributed by atoms with Crippen LogP contribution in [-0.4, -0.2) is 122 Å². The first-order valence-electron chi connectivity index (χ1n) is 11.5. The summed E-state index contributed by atoms with van der Waals surface area (Å²) in [6.45, 7) is -0.650. The lowest BCUT2D eigenvalue weighted by molar-refractivity contribution is -0.282. The standard InChI is InChI=1S/C19H29N5O15S/c1-7(26)21-19(34)10(38-8(5-25)14(30)16(19)32)4-12(28)22-40(35,36)23-37-6-9-13(29)15(31)17(39-9)24-3-2-11(27)20-18(24)33/h2-3,8-10,13-17,23,25,29-32,34H,4-6H2,1H3,(H,21,26)(H,22,28)(H,20,27,33)/t8-,9-,10-,13-,14-,15-,16+,17-,19+/m1/s1. The van der Waals surface area contributed by atoms with Gasteiger partial charge in [-0.15, -0.1) is 0 Å². The number of carbonyl (C=O) groups is 2. The predicted molar refractivity (Wildman–Crippen MR) is 125 cm³/mol. The number of hydrogen-bond donors (Lipinski definition) is 10. The van der Waals surface area contributed by atoms with Gasteiger partial charge in [-0.25, -0.2) is 9.52 Å². The first-order valence-corrected chi connectivity index (χ1v) is 13.0. The minimum atomic E-state index is -4.79. The highest BCUT2D eigenvalue weighted by Crippen LogP contribution is 2.30. The van der Waals surface area contributed by atoms with Crippen molar-refractivity contribution in [3.8, 4) is 0 Å². The van der Waals surface area contributed by atoms with Crippen molar-refractivity contribution in [3.63, 3.8) is 0 Å². The molecule has 0 saturated carbocycles. The van der Waals surface area contributed by atoms with Gasteiger partial charge in [0, 0.05) is 19.2 Å². The second-order valence-corrected chi connectivity index (χ2v) is 10.4. The van der Waals surface area contributed by atoms with E-state index in [2.05, 4.69) is 0 Å². The van der Waals surface area contributed by atoms with Crippen molar-refractivity contribution in [1.29, 1.82) is 0 Å². The van der Waals surface area contributed by atoms with E-state index in [1.54, 1.807) is 0 Å². The maximum absolute atomic E-state index is 12.4. The van der Waals surface area contributed by atoms with Crippen LogP contribution in [0.2, 0.25) is 0 Å². The molecule has 1 aromatic rings. The third-order valence-corrected chi connectivity index (χ3v) is 6.87. The SMILES string of the molecule is CC(=O)N[C@]1(O)[C@@H](CC(=O)NS(=O)(=O)NOC[C@H]2O[C@@H](n3ccc(=O)[nH]c3=O)[C@H](O)[C@@H]2O)O[C@H](CO)[C@@H](O)[C@@H]1O. The summed E-state index contributed by atoms with van der Waals surface area (Å²) in [6.07, 6.45) is -13.5. The topological polar surface area (TPSA) is 308 Å². The fourth-order valence-electron chi connectivity index (χ4n) is 4.14. The summed E-state index contributed by atoms with van der Waals surface area (Å²) in [5.41, 5.74) is -4.42. The van der Waals surface area contributed by atoms with Crippen molar-refractivity contribution in [2.24, 2.45) is 0 Å². The Balaban J connectivity index is 1.59. The summed E-state index contributed by atoms with van der Waals surface area (Å²) in [5.74, 6) is -2.25. The Morgan fingerprint density at radius 3 is 2.40 bits per heavy atom. The van der Waals surface area contributed by atoms with Crippen LogP contribution >= 0.6 is 0 Å². The molecule has 1 aromatic heterocycles. The molecule has 9 atom stereocenters. The van der Waals surface area contributed by atoms with Crippen LogP contribution in [0.3, 0.4) is 0 Å². The Morgan fingerprint density at radius 1 is 1.12 bits per heavy atom. The van der Waals surface area contributed by atoms with Crippen LogP contribution in [0.5, 0.6) is 0 Å². The molecule has 0 spiro atoms. The molecule has 226 valence electrons. The van der Waals surface area contributed by atoms with Crippen LogP contribution in [0.4, 0.5) is 0 Å². The van der Waals surface area contributed by atoms with Gasteiger partial charge in [0.05, 0.1) is 19.6 Å². The Bertz CT molecular complexity index is 1300. The first-order chi connectivity index (χ1) is 18.6. The number of hydrogen-bond acceptors (Lipinski definition) is 15. The number of aromatic amines is 1. The number of nitrogens with zero attached hydrogens (tertiary/aromatic N) is 1. The molecular weight excluding hydrogens is 570 g/mol. The van der Waals surface area contributed by atoms with Crippen molar-refractivity contribution >= 4 is 22.0 Å². The molecule has 0 radical (unpaired) electrons. The highest BCUT2D eigenvalue weighted by Gasteiger charge is 2.56. The van der Waals surface area contributed by atoms with Crippen molar-refractivity contribution in [3.05, 3.63) is 33.1 Å². The molecule has 3 heterocycles. The van der Waals surface area contributed by atoms with E-state index in [1.165, 1.54) is 9.61 Å². The van der Waals surface area contributed by atoms with Gasteiger partial charge in [-0.05, 0) is 0 Å². The van der Waals surface area contributed by atoms with Crippen LogP contribution < -0.4 is 26.2 Å². The largest absolute Gasteiger partial charge is 0.394 e. The number of aliphatic hydroxyl groups excluding tert-OH is 5. The van der Waals surface area contributed by atoms with Crippen molar-refractivity contribution < 1.29 is 63.0 Å². The molecule has 20 nitrogen and oxygen atoms in total. The van der Waals surface area contributed by atoms with Gasteiger partial charge in [0.2, 0.25) is 11.8 Å². The number of nitrogens with one attached hydrogen (secondary N) is 4. The maximum Gasteiger partial charge on any atom is 0.330 e. The number of amides is 2. The summed E-state index contributed by atoms with van der Waals surface area (Å²) in [6, 6.07) is 0.965. The smallest absolute Gasteiger partial charge is 0.330 e. The summed E-state index contributed by atoms with van der Waals surface area (Å²) in [5, 5.41) is 62.6. The van der Waals surface area contributed by atoms with Crippen LogP contribution in [0.1, 0.15) is 19.6 Å². The minimum Gasteiger partial charge on any atom is -0.394 e. The number of aliphatic hydroxyl groups is 6. The van der Waals surface area contributed by atoms with Crippen molar-refractivity contribution in [2.45, 2.75) is 68.0 Å². The fourth-order valence-corrected chi connectivity index (χ4v) is 4.79. The van der Waals surface area contributed by atoms with Gasteiger partial charge in [0.25, 0.3) is 5.56 Å². The van der Waals surface area contributed by atoms with Crippen molar-refractivity contribution in [2.75, 3.05) is 13.2 Å². The number of rotatable bonds is 10. The van der Waals surface area contributed by atoms with E-state index in [0.29, 0.717) is 0 Å². The molecular formula is C19H29N5O15S. The molecule has 0 bridgehead atoms. The fraction of sp³-hybridized carbons (Fsp3) is 0.684. The maximum atomic E-state index is 12.4. The molecule has 0 aromatic carbocycles. The lowest BCUT2D eigenvalue weighted by atomic mass is 9.87. The molecule has 2 saturated heterocycles. The second kappa shape index (κ2) is 12.4. The van der Waals surface area contributed by atoms with Crippen LogP contribution in [0.15, 0.2) is 21.9 Å². The molecule has 2 aliphatic heterocycles. The van der Waals surface area contributed by atoms with Crippen LogP contribution in [0, 0.1) is 0 Å². The number of H-pyrrole nitrogens is 1. The third-order valence-electron chi connectivity index (χ3n) is 6.04. The molecule has 2 aliphatic rings. The quantitative estimate of drug-likeness (QED) is 0.0882. The summed E-state index contributed by atoms with van der Waals surface area (Å²) < 4.78 is 37.3. The minimum absolute atomic E-state index is 0.720. The zero-order valence-corrected chi connectivity index (χ0v) is 21.4. The molecule has 10 N–H and O–H groups in total. The van der Waals surface area contributed by atoms with E-state index in [9.17, 15) is 58.2 Å². The Labute approximate surface area is 224 Å². The highest BCUT2D eigenvalue weighted by atomic mass is 32.2. The van der Waals surface area contributed by atoms with Gasteiger partial charge >= 0.3 is 15.9 Å². The highest BCUT2D eigenvalue weighted by molar-refractivity contribution is 7.87.